The Bertz CT molecular complexity index is 899. The Labute approximate surface area is 144 Å². The minimum absolute atomic E-state index is 0.0208. The maximum Gasteiger partial charge on any atom is 0.226 e. The number of fused-ring (bicyclic) bond motifs is 1. The van der Waals surface area contributed by atoms with E-state index in [9.17, 15) is 9.18 Å². The van der Waals surface area contributed by atoms with E-state index >= 15 is 0 Å². The summed E-state index contributed by atoms with van der Waals surface area (Å²) in [7, 11) is 0. The molecule has 2 N–H and O–H groups in total. The topological polar surface area (TPSA) is 67.0 Å². The molecule has 1 aliphatic rings. The third kappa shape index (κ3) is 3.39. The molecule has 4 rings (SSSR count). The van der Waals surface area contributed by atoms with E-state index in [1.54, 1.807) is 12.1 Å². The van der Waals surface area contributed by atoms with Crippen molar-refractivity contribution in [3.63, 3.8) is 0 Å². The van der Waals surface area contributed by atoms with Crippen molar-refractivity contribution < 1.29 is 13.9 Å². The van der Waals surface area contributed by atoms with Crippen molar-refractivity contribution in [2.45, 2.75) is 25.4 Å². The molecule has 5 nitrogen and oxygen atoms in total. The molecule has 1 atom stereocenters. The molecule has 2 aromatic carbocycles. The second kappa shape index (κ2) is 6.64. The van der Waals surface area contributed by atoms with E-state index in [0.717, 1.165) is 41.6 Å². The van der Waals surface area contributed by atoms with Crippen LogP contribution in [0, 0.1) is 5.82 Å². The van der Waals surface area contributed by atoms with Crippen LogP contribution in [-0.4, -0.2) is 28.8 Å². The highest BCUT2D eigenvalue weighted by molar-refractivity contribution is 5.98. The van der Waals surface area contributed by atoms with Crippen LogP contribution in [0.1, 0.15) is 19.3 Å². The summed E-state index contributed by atoms with van der Waals surface area (Å²) in [5.41, 5.74) is 3.11. The molecule has 6 heteroatoms. The van der Waals surface area contributed by atoms with Crippen LogP contribution in [0.4, 0.5) is 10.1 Å². The standard InChI is InChI=1S/C19H18FN3O2/c20-13-5-3-12(4-6-13)19-16-10-14(7-8-17(16)22-23-19)21-18(24)11-15-2-1-9-25-15/h3-8,10,15H,1-2,9,11H2,(H,21,24)(H,22,23). The maximum atomic E-state index is 13.1. The number of ether oxygens (including phenoxy) is 1. The number of aromatic nitrogens is 2. The largest absolute Gasteiger partial charge is 0.378 e. The van der Waals surface area contributed by atoms with Gasteiger partial charge in [0.1, 0.15) is 5.82 Å². The molecule has 0 aliphatic carbocycles. The third-order valence-corrected chi connectivity index (χ3v) is 4.40. The molecular weight excluding hydrogens is 321 g/mol. The number of nitrogens with one attached hydrogen (secondary N) is 2. The smallest absolute Gasteiger partial charge is 0.226 e. The van der Waals surface area contributed by atoms with E-state index in [-0.39, 0.29) is 17.8 Å². The van der Waals surface area contributed by atoms with E-state index in [1.807, 2.05) is 18.2 Å². The van der Waals surface area contributed by atoms with E-state index in [1.165, 1.54) is 12.1 Å². The molecule has 1 unspecified atom stereocenters. The minimum atomic E-state index is -0.286. The number of nitrogens with zero attached hydrogens (tertiary/aromatic N) is 1. The van der Waals surface area contributed by atoms with Crippen LogP contribution in [0.5, 0.6) is 0 Å². The predicted octanol–water partition coefficient (Wildman–Crippen LogP) is 3.88. The highest BCUT2D eigenvalue weighted by Gasteiger charge is 2.19. The highest BCUT2D eigenvalue weighted by Crippen LogP contribution is 2.28. The van der Waals surface area contributed by atoms with Crippen molar-refractivity contribution in [2.24, 2.45) is 0 Å². The number of H-pyrrole nitrogens is 1. The minimum Gasteiger partial charge on any atom is -0.378 e. The molecule has 0 spiro atoms. The molecule has 1 aromatic heterocycles. The van der Waals surface area contributed by atoms with Gasteiger partial charge in [-0.3, -0.25) is 9.89 Å². The molecule has 1 aliphatic heterocycles. The molecule has 1 saturated heterocycles. The van der Waals surface area contributed by atoms with Crippen molar-refractivity contribution in [1.82, 2.24) is 10.2 Å². The highest BCUT2D eigenvalue weighted by atomic mass is 19.1. The number of halogens is 1. The molecular formula is C19H18FN3O2. The van der Waals surface area contributed by atoms with E-state index in [4.69, 9.17) is 4.74 Å². The van der Waals surface area contributed by atoms with Crippen molar-refractivity contribution in [3.05, 3.63) is 48.3 Å². The lowest BCUT2D eigenvalue weighted by atomic mass is 10.1. The number of carbonyl (C=O) groups excluding carboxylic acids is 1. The number of rotatable bonds is 4. The van der Waals surface area contributed by atoms with Crippen molar-refractivity contribution >= 4 is 22.5 Å². The summed E-state index contributed by atoms with van der Waals surface area (Å²) in [5, 5.41) is 11.1. The Kier molecular flexibility index (Phi) is 4.19. The summed E-state index contributed by atoms with van der Waals surface area (Å²) in [6, 6.07) is 11.8. The van der Waals surface area contributed by atoms with E-state index in [0.29, 0.717) is 12.1 Å². The normalized spacial score (nSPS) is 17.1. The van der Waals surface area contributed by atoms with Gasteiger partial charge in [0.25, 0.3) is 0 Å². The molecule has 3 aromatic rings. The molecule has 25 heavy (non-hydrogen) atoms. The fraction of sp³-hybridized carbons (Fsp3) is 0.263. The van der Waals surface area contributed by atoms with E-state index < -0.39 is 0 Å². The first kappa shape index (κ1) is 15.8. The van der Waals surface area contributed by atoms with Gasteiger partial charge in [-0.2, -0.15) is 5.10 Å². The fourth-order valence-electron chi connectivity index (χ4n) is 3.14. The van der Waals surface area contributed by atoms with Crippen LogP contribution in [0.3, 0.4) is 0 Å². The zero-order valence-electron chi connectivity index (χ0n) is 13.6. The second-order valence-corrected chi connectivity index (χ2v) is 6.23. The summed E-state index contributed by atoms with van der Waals surface area (Å²) in [6.45, 7) is 0.736. The average molecular weight is 339 g/mol. The quantitative estimate of drug-likeness (QED) is 0.758. The number of anilines is 1. The Hall–Kier alpha value is -2.73. The van der Waals surface area contributed by atoms with Crippen molar-refractivity contribution in [2.75, 3.05) is 11.9 Å². The summed E-state index contributed by atoms with van der Waals surface area (Å²) >= 11 is 0. The molecule has 0 saturated carbocycles. The van der Waals surface area contributed by atoms with Gasteiger partial charge in [-0.15, -0.1) is 0 Å². The zero-order chi connectivity index (χ0) is 17.2. The Morgan fingerprint density at radius 3 is 2.88 bits per heavy atom. The number of hydrogen-bond acceptors (Lipinski definition) is 3. The molecule has 0 bridgehead atoms. The first-order chi connectivity index (χ1) is 12.2. The van der Waals surface area contributed by atoms with Crippen molar-refractivity contribution in [3.8, 4) is 11.3 Å². The maximum absolute atomic E-state index is 13.1. The van der Waals surface area contributed by atoms with Crippen LogP contribution in [-0.2, 0) is 9.53 Å². The number of carbonyl (C=O) groups is 1. The van der Waals surface area contributed by atoms with Crippen LogP contribution in [0.15, 0.2) is 42.5 Å². The fourth-order valence-corrected chi connectivity index (χ4v) is 3.14. The van der Waals surface area contributed by atoms with Gasteiger partial charge in [0.05, 0.1) is 23.7 Å². The Morgan fingerprint density at radius 1 is 1.28 bits per heavy atom. The monoisotopic (exact) mass is 339 g/mol. The summed E-state index contributed by atoms with van der Waals surface area (Å²) in [4.78, 5) is 12.2. The number of amides is 1. The van der Waals surface area contributed by atoms with Crippen LogP contribution in [0.2, 0.25) is 0 Å². The zero-order valence-corrected chi connectivity index (χ0v) is 13.6. The van der Waals surface area contributed by atoms with Gasteiger partial charge in [0.2, 0.25) is 5.91 Å². The SMILES string of the molecule is O=C(CC1CCCO1)Nc1ccc2[nH]nc(-c3ccc(F)cc3)c2c1. The molecule has 2 heterocycles. The van der Waals surface area contributed by atoms with Crippen LogP contribution in [0.25, 0.3) is 22.2 Å². The van der Waals surface area contributed by atoms with Gasteiger partial charge >= 0.3 is 0 Å². The lowest BCUT2D eigenvalue weighted by Gasteiger charge is -2.10. The summed E-state index contributed by atoms with van der Waals surface area (Å²) < 4.78 is 18.6. The third-order valence-electron chi connectivity index (χ3n) is 4.40. The number of aromatic amines is 1. The van der Waals surface area contributed by atoms with E-state index in [2.05, 4.69) is 15.5 Å². The van der Waals surface area contributed by atoms with Gasteiger partial charge < -0.3 is 10.1 Å². The second-order valence-electron chi connectivity index (χ2n) is 6.23. The Balaban J connectivity index is 1.57. The lowest BCUT2D eigenvalue weighted by molar-refractivity contribution is -0.118. The molecule has 1 amide bonds. The van der Waals surface area contributed by atoms with Crippen LogP contribution >= 0.6 is 0 Å². The number of hydrogen-bond donors (Lipinski definition) is 2. The van der Waals surface area contributed by atoms with Crippen molar-refractivity contribution in [1.29, 1.82) is 0 Å². The van der Waals surface area contributed by atoms with Crippen LogP contribution < -0.4 is 5.32 Å². The van der Waals surface area contributed by atoms with Gasteiger partial charge in [-0.25, -0.2) is 4.39 Å². The van der Waals surface area contributed by atoms with Gasteiger partial charge in [0, 0.05) is 23.2 Å². The molecule has 0 radical (unpaired) electrons. The number of benzene rings is 2. The summed E-state index contributed by atoms with van der Waals surface area (Å²) in [5.74, 6) is -0.344. The van der Waals surface area contributed by atoms with Gasteiger partial charge in [-0.05, 0) is 55.3 Å². The first-order valence-corrected chi connectivity index (χ1v) is 8.34. The molecule has 128 valence electrons. The summed E-state index contributed by atoms with van der Waals surface area (Å²) in [6.07, 6.45) is 2.34. The molecule has 1 fully saturated rings. The predicted molar refractivity (Wildman–Crippen MR) is 93.7 cm³/mol. The first-order valence-electron chi connectivity index (χ1n) is 8.34. The Morgan fingerprint density at radius 2 is 2.12 bits per heavy atom. The lowest BCUT2D eigenvalue weighted by Crippen LogP contribution is -2.19. The average Bonchev–Trinajstić information content (AvgIpc) is 3.25. The van der Waals surface area contributed by atoms with Gasteiger partial charge in [0.15, 0.2) is 0 Å². The van der Waals surface area contributed by atoms with Gasteiger partial charge in [-0.1, -0.05) is 0 Å².